The molecule has 0 saturated carbocycles. The molecule has 0 aliphatic rings. The lowest BCUT2D eigenvalue weighted by atomic mass is 10.2. The number of rotatable bonds is 2. The van der Waals surface area contributed by atoms with Crippen LogP contribution in [0, 0.1) is 0 Å². The van der Waals surface area contributed by atoms with Gasteiger partial charge in [-0.1, -0.05) is 0 Å². The van der Waals surface area contributed by atoms with Gasteiger partial charge in [0.2, 0.25) is 5.43 Å². The first kappa shape index (κ1) is 10.3. The van der Waals surface area contributed by atoms with E-state index in [0.29, 0.717) is 5.69 Å². The van der Waals surface area contributed by atoms with E-state index in [4.69, 9.17) is 5.73 Å². The molecule has 0 saturated heterocycles. The molecule has 0 spiro atoms. The second-order valence-electron chi connectivity index (χ2n) is 2.37. The Morgan fingerprint density at radius 1 is 1.62 bits per heavy atom. The number of alkyl halides is 2. The van der Waals surface area contributed by atoms with Crippen LogP contribution in [0.25, 0.3) is 0 Å². The third-order valence-electron chi connectivity index (χ3n) is 1.57. The second-order valence-corrected chi connectivity index (χ2v) is 3.16. The van der Waals surface area contributed by atoms with Crippen molar-refractivity contribution in [2.24, 2.45) is 5.73 Å². The Morgan fingerprint density at radius 2 is 2.23 bits per heavy atom. The summed E-state index contributed by atoms with van der Waals surface area (Å²) in [6.07, 6.45) is -1.79. The molecule has 0 atom stereocenters. The Balaban J connectivity index is 3.32. The molecule has 0 amide bonds. The van der Waals surface area contributed by atoms with E-state index in [9.17, 15) is 13.6 Å². The molecule has 72 valence electrons. The normalized spacial score (nSPS) is 10.8. The molecule has 0 aromatic carbocycles. The summed E-state index contributed by atoms with van der Waals surface area (Å²) in [4.78, 5) is 13.7. The highest BCUT2D eigenvalue weighted by atomic mass is 79.9. The minimum atomic E-state index is -2.77. The summed E-state index contributed by atoms with van der Waals surface area (Å²) in [6, 6.07) is 0. The second kappa shape index (κ2) is 3.97. The van der Waals surface area contributed by atoms with Crippen LogP contribution in [0.1, 0.15) is 17.7 Å². The van der Waals surface area contributed by atoms with E-state index in [0.717, 1.165) is 6.20 Å². The van der Waals surface area contributed by atoms with Crippen LogP contribution in [0.3, 0.4) is 0 Å². The zero-order valence-electron chi connectivity index (χ0n) is 6.48. The predicted octanol–water partition coefficient (Wildman–Crippen LogP) is 1.53. The lowest BCUT2D eigenvalue weighted by molar-refractivity contribution is 0.149. The van der Waals surface area contributed by atoms with Crippen LogP contribution in [-0.2, 0) is 6.54 Å². The Morgan fingerprint density at radius 3 is 2.69 bits per heavy atom. The molecule has 0 unspecified atom stereocenters. The molecule has 0 aliphatic heterocycles. The average molecular weight is 253 g/mol. The average Bonchev–Trinajstić information content (AvgIpc) is 2.09. The van der Waals surface area contributed by atoms with Crippen molar-refractivity contribution < 1.29 is 8.78 Å². The van der Waals surface area contributed by atoms with Crippen molar-refractivity contribution >= 4 is 15.9 Å². The van der Waals surface area contributed by atoms with Gasteiger partial charge >= 0.3 is 0 Å². The maximum absolute atomic E-state index is 12.2. The van der Waals surface area contributed by atoms with Gasteiger partial charge in [0.15, 0.2) is 0 Å². The fraction of sp³-hybridized carbons (Fsp3) is 0.286. The zero-order chi connectivity index (χ0) is 10.0. The fourth-order valence-electron chi connectivity index (χ4n) is 0.868. The maximum Gasteiger partial charge on any atom is 0.269 e. The Hall–Kier alpha value is -0.750. The van der Waals surface area contributed by atoms with Gasteiger partial charge in [-0.2, -0.15) is 0 Å². The number of hydrogen-bond acceptors (Lipinski definition) is 2. The van der Waals surface area contributed by atoms with E-state index in [2.05, 4.69) is 20.9 Å². The van der Waals surface area contributed by atoms with E-state index in [1.54, 1.807) is 0 Å². The van der Waals surface area contributed by atoms with Gasteiger partial charge in [0.25, 0.3) is 6.43 Å². The van der Waals surface area contributed by atoms with Crippen LogP contribution in [0.5, 0.6) is 0 Å². The molecule has 1 rings (SSSR count). The van der Waals surface area contributed by atoms with E-state index in [-0.39, 0.29) is 11.0 Å². The van der Waals surface area contributed by atoms with Crippen molar-refractivity contribution in [3.05, 3.63) is 32.2 Å². The minimum Gasteiger partial charge on any atom is -0.362 e. The quantitative estimate of drug-likeness (QED) is 0.839. The van der Waals surface area contributed by atoms with E-state index in [1.807, 2.05) is 0 Å². The SMILES string of the molecule is NCc1[nH]cc(C(F)F)c(=O)c1Br. The van der Waals surface area contributed by atoms with Gasteiger partial charge in [-0.25, -0.2) is 8.78 Å². The van der Waals surface area contributed by atoms with Crippen LogP contribution in [0.15, 0.2) is 15.5 Å². The first-order valence-corrected chi connectivity index (χ1v) is 4.25. The number of halogens is 3. The van der Waals surface area contributed by atoms with Crippen molar-refractivity contribution in [1.82, 2.24) is 4.98 Å². The summed E-state index contributed by atoms with van der Waals surface area (Å²) in [6.45, 7) is 0.0966. The van der Waals surface area contributed by atoms with Crippen molar-refractivity contribution in [2.75, 3.05) is 0 Å². The summed E-state index contributed by atoms with van der Waals surface area (Å²) in [5, 5.41) is 0. The van der Waals surface area contributed by atoms with Gasteiger partial charge < -0.3 is 10.7 Å². The van der Waals surface area contributed by atoms with Crippen LogP contribution in [0.4, 0.5) is 8.78 Å². The molecule has 13 heavy (non-hydrogen) atoms. The Bertz CT molecular complexity index is 364. The molecule has 0 aliphatic carbocycles. The topological polar surface area (TPSA) is 58.9 Å². The molecule has 0 bridgehead atoms. The zero-order valence-corrected chi connectivity index (χ0v) is 8.07. The number of H-pyrrole nitrogens is 1. The molecule has 0 fully saturated rings. The maximum atomic E-state index is 12.2. The number of nitrogens with two attached hydrogens (primary N) is 1. The van der Waals surface area contributed by atoms with Gasteiger partial charge in [-0.15, -0.1) is 0 Å². The van der Waals surface area contributed by atoms with Gasteiger partial charge in [0.05, 0.1) is 10.0 Å². The summed E-state index contributed by atoms with van der Waals surface area (Å²) in [7, 11) is 0. The molecule has 1 aromatic heterocycles. The van der Waals surface area contributed by atoms with Crippen molar-refractivity contribution in [1.29, 1.82) is 0 Å². The Kier molecular flexibility index (Phi) is 3.16. The molecular weight excluding hydrogens is 246 g/mol. The first-order chi connectivity index (χ1) is 6.07. The minimum absolute atomic E-state index is 0.0767. The molecule has 0 radical (unpaired) electrons. The number of aromatic amines is 1. The predicted molar refractivity (Wildman–Crippen MR) is 47.6 cm³/mol. The lowest BCUT2D eigenvalue weighted by Gasteiger charge is -2.03. The van der Waals surface area contributed by atoms with E-state index in [1.165, 1.54) is 0 Å². The largest absolute Gasteiger partial charge is 0.362 e. The summed E-state index contributed by atoms with van der Waals surface area (Å²) >= 11 is 2.90. The van der Waals surface area contributed by atoms with Gasteiger partial charge in [-0.3, -0.25) is 4.79 Å². The third-order valence-corrected chi connectivity index (χ3v) is 2.41. The standard InChI is InChI=1S/C7H7BrF2N2O/c8-5-4(1-11)12-2-3(6(5)13)7(9)10/h2,7H,1,11H2,(H,12,13). The summed E-state index contributed by atoms with van der Waals surface area (Å²) < 4.78 is 24.4. The lowest BCUT2D eigenvalue weighted by Crippen LogP contribution is -2.15. The van der Waals surface area contributed by atoms with Crippen molar-refractivity contribution in [3.8, 4) is 0 Å². The molecule has 1 heterocycles. The highest BCUT2D eigenvalue weighted by molar-refractivity contribution is 9.10. The highest BCUT2D eigenvalue weighted by Gasteiger charge is 2.15. The monoisotopic (exact) mass is 252 g/mol. The van der Waals surface area contributed by atoms with Gasteiger partial charge in [0.1, 0.15) is 0 Å². The smallest absolute Gasteiger partial charge is 0.269 e. The van der Waals surface area contributed by atoms with E-state index >= 15 is 0 Å². The van der Waals surface area contributed by atoms with Crippen LogP contribution >= 0.6 is 15.9 Å². The molecule has 1 aromatic rings. The molecule has 3 N–H and O–H groups in total. The fourth-order valence-corrected chi connectivity index (χ4v) is 1.37. The Labute approximate surface area is 81.1 Å². The third kappa shape index (κ3) is 1.94. The van der Waals surface area contributed by atoms with Crippen molar-refractivity contribution in [3.63, 3.8) is 0 Å². The van der Waals surface area contributed by atoms with Crippen LogP contribution in [-0.4, -0.2) is 4.98 Å². The van der Waals surface area contributed by atoms with E-state index < -0.39 is 17.4 Å². The molecule has 6 heteroatoms. The molecule has 3 nitrogen and oxygen atoms in total. The number of aromatic nitrogens is 1. The number of nitrogens with one attached hydrogen (secondary N) is 1. The summed E-state index contributed by atoms with van der Waals surface area (Å²) in [5.41, 5.74) is 4.40. The van der Waals surface area contributed by atoms with Crippen LogP contribution < -0.4 is 11.2 Å². The highest BCUT2D eigenvalue weighted by Crippen LogP contribution is 2.17. The first-order valence-electron chi connectivity index (χ1n) is 3.46. The van der Waals surface area contributed by atoms with Crippen LogP contribution in [0.2, 0.25) is 0 Å². The van der Waals surface area contributed by atoms with Crippen molar-refractivity contribution in [2.45, 2.75) is 13.0 Å². The molecular formula is C7H7BrF2N2O. The number of pyridine rings is 1. The van der Waals surface area contributed by atoms with Gasteiger partial charge in [-0.05, 0) is 15.9 Å². The summed E-state index contributed by atoms with van der Waals surface area (Å²) in [5.74, 6) is 0. The number of hydrogen-bond donors (Lipinski definition) is 2. The van der Waals surface area contributed by atoms with Gasteiger partial charge in [0, 0.05) is 18.4 Å².